The number of rotatable bonds is 9. The van der Waals surface area contributed by atoms with Crippen LogP contribution in [0.15, 0.2) is 121 Å². The van der Waals surface area contributed by atoms with E-state index in [0.29, 0.717) is 0 Å². The summed E-state index contributed by atoms with van der Waals surface area (Å²) in [6.07, 6.45) is 0. The molecule has 0 aliphatic heterocycles. The Morgan fingerprint density at radius 3 is 1.70 bits per heavy atom. The molecule has 0 aliphatic carbocycles. The molecule has 0 saturated heterocycles. The summed E-state index contributed by atoms with van der Waals surface area (Å²) in [6.45, 7) is 2.15. The molecule has 0 bridgehead atoms. The Labute approximate surface area is 197 Å². The van der Waals surface area contributed by atoms with E-state index in [1.807, 2.05) is 67.6 Å². The number of hydrogen-bond donors (Lipinski definition) is 1. The van der Waals surface area contributed by atoms with Gasteiger partial charge in [-0.3, -0.25) is 10.1 Å². The highest BCUT2D eigenvalue weighted by Crippen LogP contribution is 2.47. The number of esters is 1. The van der Waals surface area contributed by atoms with Gasteiger partial charge in [0.15, 0.2) is 0 Å². The van der Waals surface area contributed by atoms with Crippen LogP contribution in [-0.4, -0.2) is 12.0 Å². The van der Waals surface area contributed by atoms with Crippen molar-refractivity contribution in [1.29, 1.82) is 0 Å². The van der Waals surface area contributed by atoms with Crippen molar-refractivity contribution in [2.24, 2.45) is 0 Å². The molecule has 4 rings (SSSR count). The Balaban J connectivity index is 1.62. The van der Waals surface area contributed by atoms with Gasteiger partial charge in [-0.15, -0.1) is 0 Å². The van der Waals surface area contributed by atoms with E-state index in [9.17, 15) is 4.79 Å². The summed E-state index contributed by atoms with van der Waals surface area (Å²) in [5.74, 6) is -0.305. The number of hydrogen-bond acceptors (Lipinski definition) is 3. The molecule has 4 aromatic rings. The molecular weight excluding hydrogens is 425 g/mol. The highest BCUT2D eigenvalue weighted by Gasteiger charge is 2.29. The molecule has 0 radical (unpaired) electrons. The first-order valence-electron chi connectivity index (χ1n) is 11.1. The lowest BCUT2D eigenvalue weighted by molar-refractivity contribution is -0.147. The minimum Gasteiger partial charge on any atom is -0.460 e. The van der Waals surface area contributed by atoms with E-state index in [2.05, 4.69) is 66.0 Å². The van der Waals surface area contributed by atoms with Crippen molar-refractivity contribution in [3.63, 3.8) is 0 Å². The van der Waals surface area contributed by atoms with E-state index in [4.69, 9.17) is 4.74 Å². The van der Waals surface area contributed by atoms with Crippen molar-refractivity contribution in [2.45, 2.75) is 25.4 Å². The number of nitrogens with one attached hydrogen (secondary N) is 1. The molecule has 0 aliphatic rings. The van der Waals surface area contributed by atoms with Crippen molar-refractivity contribution >= 4 is 24.5 Å². The second-order valence-corrected chi connectivity index (χ2v) is 10.1. The second kappa shape index (κ2) is 11.6. The zero-order valence-corrected chi connectivity index (χ0v) is 19.6. The molecule has 0 spiro atoms. The monoisotopic (exact) mass is 453 g/mol. The predicted molar refractivity (Wildman–Crippen MR) is 137 cm³/mol. The van der Waals surface area contributed by atoms with Gasteiger partial charge in [-0.05, 0) is 36.6 Å². The van der Waals surface area contributed by atoms with Crippen molar-refractivity contribution in [2.75, 3.05) is 0 Å². The Morgan fingerprint density at radius 1 is 0.727 bits per heavy atom. The Hall–Kier alpha value is -3.26. The van der Waals surface area contributed by atoms with Crippen LogP contribution in [0.3, 0.4) is 0 Å². The second-order valence-electron chi connectivity index (χ2n) is 7.84. The highest BCUT2D eigenvalue weighted by atomic mass is 31.1. The molecule has 4 aromatic carbocycles. The summed E-state index contributed by atoms with van der Waals surface area (Å²) in [4.78, 5) is 12.9. The van der Waals surface area contributed by atoms with Gasteiger partial charge in [-0.25, -0.2) is 0 Å². The highest BCUT2D eigenvalue weighted by molar-refractivity contribution is 7.73. The fourth-order valence-electron chi connectivity index (χ4n) is 3.74. The lowest BCUT2D eigenvalue weighted by Gasteiger charge is -2.32. The molecule has 3 nitrogen and oxygen atoms in total. The molecule has 1 unspecified atom stereocenters. The van der Waals surface area contributed by atoms with E-state index in [-0.39, 0.29) is 18.4 Å². The van der Waals surface area contributed by atoms with E-state index < -0.39 is 14.0 Å². The first-order chi connectivity index (χ1) is 16.2. The summed E-state index contributed by atoms with van der Waals surface area (Å²) in [5, 5.41) is 6.13. The Bertz CT molecular complexity index is 1080. The van der Waals surface area contributed by atoms with Gasteiger partial charge in [-0.1, -0.05) is 121 Å². The fourth-order valence-corrected chi connectivity index (χ4v) is 6.46. The number of carbonyl (C=O) groups excluding carboxylic acids is 1. The molecule has 0 heterocycles. The van der Waals surface area contributed by atoms with Crippen LogP contribution in [0.25, 0.3) is 0 Å². The molecule has 4 heteroatoms. The lowest BCUT2D eigenvalue weighted by atomic mass is 10.2. The van der Waals surface area contributed by atoms with Gasteiger partial charge in [0.1, 0.15) is 12.6 Å². The molecule has 33 heavy (non-hydrogen) atoms. The molecule has 1 N–H and O–H groups in total. The summed E-state index contributed by atoms with van der Waals surface area (Å²) in [6, 6.07) is 40.8. The third kappa shape index (κ3) is 6.16. The van der Waals surface area contributed by atoms with E-state index in [1.165, 1.54) is 10.6 Å². The van der Waals surface area contributed by atoms with Gasteiger partial charge in [-0.2, -0.15) is 0 Å². The van der Waals surface area contributed by atoms with E-state index in [1.54, 1.807) is 0 Å². The third-order valence-corrected chi connectivity index (χ3v) is 8.10. The lowest BCUT2D eigenvalue weighted by Crippen LogP contribution is -2.39. The van der Waals surface area contributed by atoms with Gasteiger partial charge in [0.05, 0.1) is 5.78 Å². The molecule has 0 amide bonds. The topological polar surface area (TPSA) is 38.3 Å². The van der Waals surface area contributed by atoms with Crippen LogP contribution in [0, 0.1) is 0 Å². The number of ether oxygens (including phenoxy) is 1. The maximum atomic E-state index is 12.9. The first kappa shape index (κ1) is 22.9. The summed E-state index contributed by atoms with van der Waals surface area (Å²) < 4.78 is 5.62. The smallest absolute Gasteiger partial charge is 0.323 e. The van der Waals surface area contributed by atoms with Crippen molar-refractivity contribution in [3.8, 4) is 0 Å². The molecule has 0 fully saturated rings. The van der Waals surface area contributed by atoms with Crippen molar-refractivity contribution < 1.29 is 9.53 Å². The predicted octanol–water partition coefficient (Wildman–Crippen LogP) is 5.54. The average molecular weight is 454 g/mol. The largest absolute Gasteiger partial charge is 0.460 e. The van der Waals surface area contributed by atoms with Gasteiger partial charge in [0, 0.05) is 0 Å². The minimum absolute atomic E-state index is 0.0507. The minimum atomic E-state index is -0.820. The normalized spacial score (nSPS) is 12.8. The Kier molecular flexibility index (Phi) is 8.03. The van der Waals surface area contributed by atoms with Crippen LogP contribution in [0.4, 0.5) is 0 Å². The van der Waals surface area contributed by atoms with Gasteiger partial charge < -0.3 is 4.74 Å². The van der Waals surface area contributed by atoms with Crippen LogP contribution in [0.1, 0.15) is 23.8 Å². The summed E-state index contributed by atoms with van der Waals surface area (Å²) >= 11 is 0. The molecule has 0 aromatic heterocycles. The van der Waals surface area contributed by atoms with Crippen LogP contribution >= 0.6 is 7.92 Å². The maximum absolute atomic E-state index is 12.9. The van der Waals surface area contributed by atoms with Gasteiger partial charge in [0.25, 0.3) is 0 Å². The van der Waals surface area contributed by atoms with E-state index >= 15 is 0 Å². The first-order valence-corrected chi connectivity index (χ1v) is 12.5. The van der Waals surface area contributed by atoms with Crippen LogP contribution in [0.2, 0.25) is 0 Å². The summed E-state index contributed by atoms with van der Waals surface area (Å²) in [7, 11) is -0.820. The SMILES string of the molecule is C[C@H](NC(c1ccccc1)P(c1ccccc1)c1ccccc1)C(=O)OCc1ccccc1. The van der Waals surface area contributed by atoms with Crippen LogP contribution in [-0.2, 0) is 16.1 Å². The summed E-state index contributed by atoms with van der Waals surface area (Å²) in [5.41, 5.74) is 2.13. The number of benzene rings is 4. The average Bonchev–Trinajstić information content (AvgIpc) is 2.89. The van der Waals surface area contributed by atoms with Crippen LogP contribution < -0.4 is 15.9 Å². The quantitative estimate of drug-likeness (QED) is 0.267. The molecular formula is C29H28NO2P. The molecule has 2 atom stereocenters. The van der Waals surface area contributed by atoms with Gasteiger partial charge >= 0.3 is 5.97 Å². The zero-order chi connectivity index (χ0) is 22.9. The molecule has 0 saturated carbocycles. The Morgan fingerprint density at radius 2 is 1.18 bits per heavy atom. The van der Waals surface area contributed by atoms with Gasteiger partial charge in [0.2, 0.25) is 0 Å². The van der Waals surface area contributed by atoms with Crippen LogP contribution in [0.5, 0.6) is 0 Å². The van der Waals surface area contributed by atoms with Crippen molar-refractivity contribution in [3.05, 3.63) is 132 Å². The maximum Gasteiger partial charge on any atom is 0.323 e. The standard InChI is InChI=1S/C29H28NO2P/c1-23(29(31)32-22-24-14-6-2-7-15-24)30-28(25-16-8-3-9-17-25)33(26-18-10-4-11-19-26)27-20-12-5-13-21-27/h2-21,23,28,30H,22H2,1H3/t23-,28?/m0/s1. The zero-order valence-electron chi connectivity index (χ0n) is 18.7. The fraction of sp³-hybridized carbons (Fsp3) is 0.138. The van der Waals surface area contributed by atoms with E-state index in [0.717, 1.165) is 11.1 Å². The van der Waals surface area contributed by atoms with Crippen molar-refractivity contribution in [1.82, 2.24) is 5.32 Å². The molecule has 166 valence electrons. The number of carbonyl (C=O) groups is 1. The third-order valence-electron chi connectivity index (χ3n) is 5.43.